The average molecular weight is 344 g/mol. The van der Waals surface area contributed by atoms with Crippen molar-refractivity contribution in [1.29, 1.82) is 0 Å². The van der Waals surface area contributed by atoms with Crippen LogP contribution in [0.4, 0.5) is 0 Å². The predicted octanol–water partition coefficient (Wildman–Crippen LogP) is 2.00. The zero-order valence-corrected chi connectivity index (χ0v) is 13.9. The van der Waals surface area contributed by atoms with Crippen molar-refractivity contribution in [3.63, 3.8) is 0 Å². The van der Waals surface area contributed by atoms with Crippen LogP contribution in [-0.2, 0) is 16.1 Å². The highest BCUT2D eigenvalue weighted by atomic mass is 16.3. The number of hydrogen-bond donors (Lipinski definition) is 1. The number of carbonyl (C=O) groups excluding carboxylic acids is 3. The van der Waals surface area contributed by atoms with Crippen molar-refractivity contribution in [2.75, 3.05) is 6.54 Å². The SMILES string of the molecule is C[C@@H](CC(=O)c1ccco1)NC(=O)[C@@H]1CC(=O)N(Cc2ccco2)C1. The van der Waals surface area contributed by atoms with E-state index in [9.17, 15) is 14.4 Å². The lowest BCUT2D eigenvalue weighted by atomic mass is 10.1. The Morgan fingerprint density at radius 3 is 2.72 bits per heavy atom. The minimum absolute atomic E-state index is 0.0733. The maximum atomic E-state index is 12.4. The Labute approximate surface area is 145 Å². The third kappa shape index (κ3) is 4.17. The number of amides is 2. The third-order valence-corrected chi connectivity index (χ3v) is 4.19. The first-order valence-corrected chi connectivity index (χ1v) is 8.20. The van der Waals surface area contributed by atoms with Crippen molar-refractivity contribution in [2.45, 2.75) is 32.4 Å². The van der Waals surface area contributed by atoms with Gasteiger partial charge in [0.15, 0.2) is 11.5 Å². The Balaban J connectivity index is 1.49. The van der Waals surface area contributed by atoms with E-state index in [0.717, 1.165) is 0 Å². The van der Waals surface area contributed by atoms with E-state index >= 15 is 0 Å². The second kappa shape index (κ2) is 7.38. The van der Waals surface area contributed by atoms with Crippen molar-refractivity contribution >= 4 is 17.6 Å². The van der Waals surface area contributed by atoms with Gasteiger partial charge in [-0.1, -0.05) is 0 Å². The van der Waals surface area contributed by atoms with E-state index in [1.54, 1.807) is 42.4 Å². The van der Waals surface area contributed by atoms with Gasteiger partial charge in [0.2, 0.25) is 11.8 Å². The van der Waals surface area contributed by atoms with Crippen molar-refractivity contribution in [3.8, 4) is 0 Å². The monoisotopic (exact) mass is 344 g/mol. The van der Waals surface area contributed by atoms with Gasteiger partial charge in [-0.3, -0.25) is 14.4 Å². The van der Waals surface area contributed by atoms with E-state index in [0.29, 0.717) is 18.8 Å². The van der Waals surface area contributed by atoms with Gasteiger partial charge >= 0.3 is 0 Å². The summed E-state index contributed by atoms with van der Waals surface area (Å²) < 4.78 is 10.3. The molecule has 0 aromatic carbocycles. The normalized spacial score (nSPS) is 18.4. The van der Waals surface area contributed by atoms with Crippen LogP contribution in [0.3, 0.4) is 0 Å². The Bertz CT molecular complexity index is 736. The summed E-state index contributed by atoms with van der Waals surface area (Å²) in [5, 5.41) is 2.81. The number of rotatable bonds is 7. The van der Waals surface area contributed by atoms with Gasteiger partial charge in [-0.05, 0) is 31.2 Å². The number of hydrogen-bond acceptors (Lipinski definition) is 5. The summed E-state index contributed by atoms with van der Waals surface area (Å²) >= 11 is 0. The molecule has 132 valence electrons. The number of carbonyl (C=O) groups is 3. The van der Waals surface area contributed by atoms with Gasteiger partial charge in [0.25, 0.3) is 0 Å². The molecular weight excluding hydrogens is 324 g/mol. The van der Waals surface area contributed by atoms with Crippen LogP contribution in [0.5, 0.6) is 0 Å². The molecule has 2 atom stereocenters. The summed E-state index contributed by atoms with van der Waals surface area (Å²) in [6, 6.07) is 6.47. The van der Waals surface area contributed by atoms with Crippen LogP contribution in [0.15, 0.2) is 45.6 Å². The molecule has 0 saturated carbocycles. The second-order valence-electron chi connectivity index (χ2n) is 6.27. The molecule has 7 heteroatoms. The van der Waals surface area contributed by atoms with E-state index in [1.165, 1.54) is 6.26 Å². The predicted molar refractivity (Wildman–Crippen MR) is 87.5 cm³/mol. The lowest BCUT2D eigenvalue weighted by molar-refractivity contribution is -0.129. The Hall–Kier alpha value is -2.83. The maximum absolute atomic E-state index is 12.4. The van der Waals surface area contributed by atoms with Crippen LogP contribution in [0, 0.1) is 5.92 Å². The average Bonchev–Trinajstić information content (AvgIpc) is 3.30. The van der Waals surface area contributed by atoms with Gasteiger partial charge in [-0.25, -0.2) is 0 Å². The van der Waals surface area contributed by atoms with E-state index in [-0.39, 0.29) is 42.2 Å². The first-order chi connectivity index (χ1) is 12.0. The van der Waals surface area contributed by atoms with E-state index in [4.69, 9.17) is 8.83 Å². The molecule has 25 heavy (non-hydrogen) atoms. The summed E-state index contributed by atoms with van der Waals surface area (Å²) in [4.78, 5) is 38.0. The van der Waals surface area contributed by atoms with Crippen LogP contribution < -0.4 is 5.32 Å². The molecule has 3 rings (SSSR count). The molecular formula is C18H20N2O5. The molecule has 0 bridgehead atoms. The van der Waals surface area contributed by atoms with Gasteiger partial charge in [0, 0.05) is 25.4 Å². The highest BCUT2D eigenvalue weighted by molar-refractivity contribution is 5.94. The minimum atomic E-state index is -0.413. The Morgan fingerprint density at radius 1 is 1.28 bits per heavy atom. The van der Waals surface area contributed by atoms with Crippen molar-refractivity contribution in [2.24, 2.45) is 5.92 Å². The molecule has 1 aliphatic rings. The smallest absolute Gasteiger partial charge is 0.225 e. The topological polar surface area (TPSA) is 92.8 Å². The molecule has 1 aliphatic heterocycles. The molecule has 2 aromatic rings. The Morgan fingerprint density at radius 2 is 2.04 bits per heavy atom. The number of Topliss-reactive ketones (excluding diaryl/α,β-unsaturated/α-hetero) is 1. The van der Waals surface area contributed by atoms with E-state index in [2.05, 4.69) is 5.32 Å². The van der Waals surface area contributed by atoms with Crippen LogP contribution in [-0.4, -0.2) is 35.1 Å². The zero-order chi connectivity index (χ0) is 17.8. The number of furan rings is 2. The fourth-order valence-electron chi connectivity index (χ4n) is 2.92. The summed E-state index contributed by atoms with van der Waals surface area (Å²) in [6.45, 7) is 2.47. The molecule has 1 fully saturated rings. The van der Waals surface area contributed by atoms with Gasteiger partial charge in [-0.2, -0.15) is 0 Å². The summed E-state index contributed by atoms with van der Waals surface area (Å²) in [5.41, 5.74) is 0. The molecule has 0 radical (unpaired) electrons. The summed E-state index contributed by atoms with van der Waals surface area (Å²) in [7, 11) is 0. The fourth-order valence-corrected chi connectivity index (χ4v) is 2.92. The number of ketones is 1. The molecule has 1 N–H and O–H groups in total. The number of nitrogens with one attached hydrogen (secondary N) is 1. The maximum Gasteiger partial charge on any atom is 0.225 e. The minimum Gasteiger partial charge on any atom is -0.467 e. The standard InChI is InChI=1S/C18H20N2O5/c1-12(8-15(21)16-5-3-7-25-16)19-18(23)13-9-17(22)20(10-13)11-14-4-2-6-24-14/h2-7,12-13H,8-11H2,1H3,(H,19,23)/t12-,13+/m0/s1. The largest absolute Gasteiger partial charge is 0.467 e. The fraction of sp³-hybridized carbons (Fsp3) is 0.389. The van der Waals surface area contributed by atoms with Crippen molar-refractivity contribution in [1.82, 2.24) is 10.2 Å². The van der Waals surface area contributed by atoms with Gasteiger partial charge in [0.05, 0.1) is 25.0 Å². The molecule has 7 nitrogen and oxygen atoms in total. The lowest BCUT2D eigenvalue weighted by Crippen LogP contribution is -2.39. The second-order valence-corrected chi connectivity index (χ2v) is 6.27. The van der Waals surface area contributed by atoms with Crippen LogP contribution in [0.25, 0.3) is 0 Å². The van der Waals surface area contributed by atoms with Gasteiger partial charge in [0.1, 0.15) is 5.76 Å². The highest BCUT2D eigenvalue weighted by Crippen LogP contribution is 2.21. The van der Waals surface area contributed by atoms with Crippen LogP contribution in [0.1, 0.15) is 36.1 Å². The van der Waals surface area contributed by atoms with Gasteiger partial charge in [-0.15, -0.1) is 0 Å². The molecule has 0 unspecified atom stereocenters. The molecule has 0 aliphatic carbocycles. The molecule has 3 heterocycles. The van der Waals surface area contributed by atoms with Crippen molar-refractivity contribution < 1.29 is 23.2 Å². The first-order valence-electron chi connectivity index (χ1n) is 8.20. The molecule has 0 spiro atoms. The Kier molecular flexibility index (Phi) is 5.02. The first kappa shape index (κ1) is 17.0. The summed E-state index contributed by atoms with van der Waals surface area (Å²) in [6.07, 6.45) is 3.31. The van der Waals surface area contributed by atoms with Crippen LogP contribution >= 0.6 is 0 Å². The molecule has 1 saturated heterocycles. The van der Waals surface area contributed by atoms with E-state index < -0.39 is 5.92 Å². The van der Waals surface area contributed by atoms with Crippen molar-refractivity contribution in [3.05, 3.63) is 48.3 Å². The summed E-state index contributed by atoms with van der Waals surface area (Å²) in [5.74, 6) is 0.0999. The number of likely N-dealkylation sites (tertiary alicyclic amines) is 1. The third-order valence-electron chi connectivity index (χ3n) is 4.19. The lowest BCUT2D eigenvalue weighted by Gasteiger charge is -2.17. The zero-order valence-electron chi connectivity index (χ0n) is 13.9. The quantitative estimate of drug-likeness (QED) is 0.776. The highest BCUT2D eigenvalue weighted by Gasteiger charge is 2.35. The molecule has 2 aromatic heterocycles. The molecule has 2 amide bonds. The number of nitrogens with zero attached hydrogens (tertiary/aromatic N) is 1. The van der Waals surface area contributed by atoms with Crippen LogP contribution in [0.2, 0.25) is 0 Å². The van der Waals surface area contributed by atoms with Gasteiger partial charge < -0.3 is 19.1 Å². The van der Waals surface area contributed by atoms with E-state index in [1.807, 2.05) is 0 Å².